The van der Waals surface area contributed by atoms with Crippen LogP contribution in [-0.2, 0) is 18.3 Å². The lowest BCUT2D eigenvalue weighted by atomic mass is 10.3. The number of halogens is 1. The van der Waals surface area contributed by atoms with Crippen LogP contribution in [-0.4, -0.2) is 35.5 Å². The molecule has 0 spiro atoms. The molecular formula is C12H24IN5O. The van der Waals surface area contributed by atoms with Crippen molar-refractivity contribution in [2.75, 3.05) is 19.8 Å². The molecule has 0 aromatic carbocycles. The zero-order valence-electron chi connectivity index (χ0n) is 11.8. The topological polar surface area (TPSA) is 77.5 Å². The molecule has 0 aliphatic carbocycles. The van der Waals surface area contributed by atoms with E-state index in [1.807, 2.05) is 31.8 Å². The largest absolute Gasteiger partial charge is 0.382 e. The van der Waals surface area contributed by atoms with E-state index in [9.17, 15) is 0 Å². The molecule has 0 aliphatic heterocycles. The number of aryl methyl sites for hydroxylation is 1. The van der Waals surface area contributed by atoms with Crippen LogP contribution in [0.3, 0.4) is 0 Å². The number of nitrogens with two attached hydrogens (primary N) is 1. The van der Waals surface area contributed by atoms with Gasteiger partial charge in [-0.25, -0.2) is 4.99 Å². The highest BCUT2D eigenvalue weighted by Crippen LogP contribution is 2.06. The number of nitrogens with zero attached hydrogens (tertiary/aromatic N) is 3. The smallest absolute Gasteiger partial charge is 0.188 e. The summed E-state index contributed by atoms with van der Waals surface area (Å²) in [7, 11) is 1.91. The molecule has 1 aromatic rings. The van der Waals surface area contributed by atoms with Crippen molar-refractivity contribution in [3.05, 3.63) is 17.5 Å². The molecule has 7 heteroatoms. The summed E-state index contributed by atoms with van der Waals surface area (Å²) in [5, 5.41) is 7.22. The fourth-order valence-electron chi connectivity index (χ4n) is 1.46. The maximum atomic E-state index is 5.76. The van der Waals surface area contributed by atoms with Crippen LogP contribution >= 0.6 is 24.0 Å². The van der Waals surface area contributed by atoms with Gasteiger partial charge in [0.1, 0.15) is 0 Å². The first kappa shape index (κ1) is 18.2. The number of aromatic nitrogens is 2. The van der Waals surface area contributed by atoms with Gasteiger partial charge in [0.15, 0.2) is 5.96 Å². The van der Waals surface area contributed by atoms with Crippen LogP contribution in [0.4, 0.5) is 0 Å². The van der Waals surface area contributed by atoms with E-state index in [1.165, 1.54) is 0 Å². The lowest BCUT2D eigenvalue weighted by molar-refractivity contribution is 0.145. The molecule has 1 rings (SSSR count). The first-order valence-electron chi connectivity index (χ1n) is 6.24. The SMILES string of the molecule is CCOCCCNC(N)=NCc1cnn(C)c1C.I. The van der Waals surface area contributed by atoms with Crippen LogP contribution in [0.5, 0.6) is 0 Å². The minimum atomic E-state index is 0. The van der Waals surface area contributed by atoms with Gasteiger partial charge in [0, 0.05) is 38.1 Å². The van der Waals surface area contributed by atoms with E-state index in [2.05, 4.69) is 15.4 Å². The fourth-order valence-corrected chi connectivity index (χ4v) is 1.46. The van der Waals surface area contributed by atoms with Gasteiger partial charge >= 0.3 is 0 Å². The van der Waals surface area contributed by atoms with E-state index in [0.717, 1.165) is 37.4 Å². The standard InChI is InChI=1S/C12H23N5O.HI/c1-4-18-7-5-6-14-12(13)15-8-11-9-16-17(3)10(11)2;/h9H,4-8H2,1-3H3,(H3,13,14,15);1H. The van der Waals surface area contributed by atoms with E-state index in [-0.39, 0.29) is 24.0 Å². The zero-order valence-corrected chi connectivity index (χ0v) is 14.2. The van der Waals surface area contributed by atoms with Crippen LogP contribution in [0.25, 0.3) is 0 Å². The van der Waals surface area contributed by atoms with Crippen molar-refractivity contribution in [2.24, 2.45) is 17.8 Å². The minimum absolute atomic E-state index is 0. The lowest BCUT2D eigenvalue weighted by Gasteiger charge is -2.05. The van der Waals surface area contributed by atoms with Crippen molar-refractivity contribution in [1.82, 2.24) is 15.1 Å². The maximum absolute atomic E-state index is 5.76. The fraction of sp³-hybridized carbons (Fsp3) is 0.667. The molecule has 0 saturated heterocycles. The van der Waals surface area contributed by atoms with E-state index in [0.29, 0.717) is 12.5 Å². The Balaban J connectivity index is 0.00000324. The van der Waals surface area contributed by atoms with E-state index in [4.69, 9.17) is 10.5 Å². The third-order valence-corrected chi connectivity index (χ3v) is 2.73. The molecule has 3 N–H and O–H groups in total. The van der Waals surface area contributed by atoms with Gasteiger partial charge in [-0.3, -0.25) is 4.68 Å². The first-order chi connectivity index (χ1) is 8.65. The van der Waals surface area contributed by atoms with Gasteiger partial charge in [0.25, 0.3) is 0 Å². The van der Waals surface area contributed by atoms with Crippen molar-refractivity contribution in [2.45, 2.75) is 26.8 Å². The molecule has 1 aromatic heterocycles. The summed E-state index contributed by atoms with van der Waals surface area (Å²) in [6, 6.07) is 0. The molecule has 0 fully saturated rings. The number of rotatable bonds is 7. The number of ether oxygens (including phenoxy) is 1. The molecule has 0 amide bonds. The molecule has 0 unspecified atom stereocenters. The van der Waals surface area contributed by atoms with Gasteiger partial charge in [0.05, 0.1) is 12.7 Å². The van der Waals surface area contributed by atoms with E-state index >= 15 is 0 Å². The Labute approximate surface area is 131 Å². The summed E-state index contributed by atoms with van der Waals surface area (Å²) >= 11 is 0. The molecule has 0 radical (unpaired) electrons. The highest BCUT2D eigenvalue weighted by molar-refractivity contribution is 14.0. The number of aliphatic imine (C=N–C) groups is 1. The highest BCUT2D eigenvalue weighted by Gasteiger charge is 2.02. The number of nitrogens with one attached hydrogen (secondary N) is 1. The highest BCUT2D eigenvalue weighted by atomic mass is 127. The monoisotopic (exact) mass is 381 g/mol. The molecular weight excluding hydrogens is 357 g/mol. The Kier molecular flexibility index (Phi) is 9.58. The quantitative estimate of drug-likeness (QED) is 0.322. The zero-order chi connectivity index (χ0) is 13.4. The van der Waals surface area contributed by atoms with Gasteiger partial charge in [-0.05, 0) is 20.3 Å². The summed E-state index contributed by atoms with van der Waals surface area (Å²) in [5.74, 6) is 0.467. The molecule has 19 heavy (non-hydrogen) atoms. The number of guanidine groups is 1. The Bertz CT molecular complexity index is 391. The van der Waals surface area contributed by atoms with Crippen molar-refractivity contribution in [3.63, 3.8) is 0 Å². The predicted octanol–water partition coefficient (Wildman–Crippen LogP) is 1.18. The molecule has 110 valence electrons. The van der Waals surface area contributed by atoms with Crippen molar-refractivity contribution >= 4 is 29.9 Å². The Morgan fingerprint density at radius 2 is 2.32 bits per heavy atom. The van der Waals surface area contributed by atoms with E-state index < -0.39 is 0 Å². The van der Waals surface area contributed by atoms with Gasteiger partial charge in [-0.2, -0.15) is 5.10 Å². The third kappa shape index (κ3) is 6.76. The number of hydrogen-bond donors (Lipinski definition) is 2. The molecule has 0 aliphatic rings. The van der Waals surface area contributed by atoms with Crippen LogP contribution in [0.2, 0.25) is 0 Å². The summed E-state index contributed by atoms with van der Waals surface area (Å²) in [5.41, 5.74) is 7.97. The van der Waals surface area contributed by atoms with Crippen LogP contribution in [0.1, 0.15) is 24.6 Å². The summed E-state index contributed by atoms with van der Waals surface area (Å²) in [6.45, 7) is 6.84. The van der Waals surface area contributed by atoms with Gasteiger partial charge < -0.3 is 15.8 Å². The van der Waals surface area contributed by atoms with Crippen LogP contribution in [0.15, 0.2) is 11.2 Å². The Hall–Kier alpha value is -0.830. The minimum Gasteiger partial charge on any atom is -0.382 e. The van der Waals surface area contributed by atoms with Crippen LogP contribution in [0, 0.1) is 6.92 Å². The van der Waals surface area contributed by atoms with Gasteiger partial charge in [0.2, 0.25) is 0 Å². The maximum Gasteiger partial charge on any atom is 0.188 e. The van der Waals surface area contributed by atoms with Crippen LogP contribution < -0.4 is 11.1 Å². The Morgan fingerprint density at radius 3 is 2.89 bits per heavy atom. The summed E-state index contributed by atoms with van der Waals surface area (Å²) in [4.78, 5) is 4.28. The second kappa shape index (κ2) is 10.0. The molecule has 0 atom stereocenters. The Morgan fingerprint density at radius 1 is 1.58 bits per heavy atom. The summed E-state index contributed by atoms with van der Waals surface area (Å²) in [6.07, 6.45) is 2.75. The predicted molar refractivity (Wildman–Crippen MR) is 87.8 cm³/mol. The molecule has 6 nitrogen and oxygen atoms in total. The first-order valence-corrected chi connectivity index (χ1v) is 6.24. The second-order valence-corrected chi connectivity index (χ2v) is 4.06. The van der Waals surface area contributed by atoms with Crippen molar-refractivity contribution in [3.8, 4) is 0 Å². The molecule has 0 bridgehead atoms. The summed E-state index contributed by atoms with van der Waals surface area (Å²) < 4.78 is 7.06. The normalized spacial score (nSPS) is 11.2. The van der Waals surface area contributed by atoms with Crippen molar-refractivity contribution < 1.29 is 4.74 Å². The number of hydrogen-bond acceptors (Lipinski definition) is 3. The molecule has 1 heterocycles. The molecule has 0 saturated carbocycles. The second-order valence-electron chi connectivity index (χ2n) is 4.06. The lowest BCUT2D eigenvalue weighted by Crippen LogP contribution is -2.32. The average molecular weight is 381 g/mol. The van der Waals surface area contributed by atoms with E-state index in [1.54, 1.807) is 0 Å². The third-order valence-electron chi connectivity index (χ3n) is 2.73. The van der Waals surface area contributed by atoms with Gasteiger partial charge in [-0.15, -0.1) is 24.0 Å². The van der Waals surface area contributed by atoms with Gasteiger partial charge in [-0.1, -0.05) is 0 Å². The average Bonchev–Trinajstić information content (AvgIpc) is 2.67. The van der Waals surface area contributed by atoms with Crippen molar-refractivity contribution in [1.29, 1.82) is 0 Å².